The Kier molecular flexibility index (Phi) is 7.49. The molecule has 9 heteroatoms. The van der Waals surface area contributed by atoms with Crippen LogP contribution in [0.25, 0.3) is 0 Å². The van der Waals surface area contributed by atoms with Gasteiger partial charge in [0.15, 0.2) is 0 Å². The van der Waals surface area contributed by atoms with E-state index in [1.165, 1.54) is 0 Å². The second-order valence-corrected chi connectivity index (χ2v) is 2.51. The topological polar surface area (TPSA) is 161 Å². The van der Waals surface area contributed by atoms with Crippen molar-refractivity contribution >= 4 is 11.9 Å². The van der Waals surface area contributed by atoms with E-state index in [0.717, 1.165) is 0 Å². The molecule has 0 saturated carbocycles. The van der Waals surface area contributed by atoms with Gasteiger partial charge in [-0.2, -0.15) is 0 Å². The van der Waals surface area contributed by atoms with Gasteiger partial charge in [0.25, 0.3) is 0 Å². The van der Waals surface area contributed by atoms with Crippen molar-refractivity contribution < 1.29 is 57.3 Å². The average Bonchev–Trinajstić information content (AvgIpc) is 2.12. The van der Waals surface area contributed by atoms with Gasteiger partial charge >= 0.3 is 17.1 Å². The van der Waals surface area contributed by atoms with Crippen LogP contribution in [0.5, 0.6) is 0 Å². The summed E-state index contributed by atoms with van der Waals surface area (Å²) in [5.41, 5.74) is 0. The Morgan fingerprint density at radius 1 is 0.800 bits per heavy atom. The minimum Gasteiger partial charge on any atom is -0.547 e. The molecule has 0 bridgehead atoms. The molecule has 91 valence electrons. The van der Waals surface area contributed by atoms with E-state index in [9.17, 15) is 19.8 Å². The van der Waals surface area contributed by atoms with Crippen LogP contribution >= 0.6 is 0 Å². The second-order valence-electron chi connectivity index (χ2n) is 2.51. The van der Waals surface area contributed by atoms with Crippen LogP contribution in [0.1, 0.15) is 0 Å². The van der Waals surface area contributed by atoms with Gasteiger partial charge in [0.1, 0.15) is 24.4 Å². The SMILES string of the molecule is O=C([O-])[C@@H](O)[C@@H](O)[C@H](O)[C@@H](O)C(=O)[O-].[Cu+2]. The van der Waals surface area contributed by atoms with Crippen LogP contribution in [0.3, 0.4) is 0 Å². The summed E-state index contributed by atoms with van der Waals surface area (Å²) in [7, 11) is 0. The van der Waals surface area contributed by atoms with Gasteiger partial charge in [0.2, 0.25) is 0 Å². The monoisotopic (exact) mass is 271 g/mol. The number of hydrogen-bond donors (Lipinski definition) is 4. The summed E-state index contributed by atoms with van der Waals surface area (Å²) in [5.74, 6) is -4.22. The van der Waals surface area contributed by atoms with Crippen LogP contribution in [-0.2, 0) is 26.7 Å². The summed E-state index contributed by atoms with van der Waals surface area (Å²) < 4.78 is 0. The van der Waals surface area contributed by atoms with Crippen molar-refractivity contribution in [2.45, 2.75) is 24.4 Å². The fraction of sp³-hybridized carbons (Fsp3) is 0.667. The minimum absolute atomic E-state index is 0. The molecule has 8 nitrogen and oxygen atoms in total. The largest absolute Gasteiger partial charge is 2.00 e. The van der Waals surface area contributed by atoms with Crippen LogP contribution in [0.2, 0.25) is 0 Å². The normalized spacial score (nSPS) is 18.1. The molecule has 0 aliphatic rings. The Hall–Kier alpha value is -0.701. The fourth-order valence-electron chi connectivity index (χ4n) is 0.652. The van der Waals surface area contributed by atoms with Crippen molar-refractivity contribution in [3.63, 3.8) is 0 Å². The maximum Gasteiger partial charge on any atom is 2.00 e. The third-order valence-corrected chi connectivity index (χ3v) is 1.48. The molecule has 15 heavy (non-hydrogen) atoms. The van der Waals surface area contributed by atoms with Gasteiger partial charge in [-0.15, -0.1) is 0 Å². The predicted molar refractivity (Wildman–Crippen MR) is 34.0 cm³/mol. The smallest absolute Gasteiger partial charge is 0.547 e. The van der Waals surface area contributed by atoms with Gasteiger partial charge in [-0.05, 0) is 0 Å². The van der Waals surface area contributed by atoms with Gasteiger partial charge in [-0.25, -0.2) is 0 Å². The van der Waals surface area contributed by atoms with Crippen molar-refractivity contribution in [1.82, 2.24) is 0 Å². The molecular weight excluding hydrogens is 264 g/mol. The average molecular weight is 272 g/mol. The first kappa shape index (κ1) is 16.7. The zero-order valence-electron chi connectivity index (χ0n) is 7.03. The van der Waals surface area contributed by atoms with Crippen molar-refractivity contribution in [2.24, 2.45) is 0 Å². The molecule has 0 aromatic rings. The fourth-order valence-corrected chi connectivity index (χ4v) is 0.652. The number of carboxylic acid groups (broad SMARTS) is 2. The Morgan fingerprint density at radius 3 is 1.13 bits per heavy atom. The van der Waals surface area contributed by atoms with E-state index in [4.69, 9.17) is 20.4 Å². The molecule has 0 spiro atoms. The molecule has 0 aliphatic heterocycles. The van der Waals surface area contributed by atoms with Gasteiger partial charge in [0, 0.05) is 0 Å². The Balaban J connectivity index is 0. The summed E-state index contributed by atoms with van der Waals surface area (Å²) in [5, 5.41) is 54.7. The van der Waals surface area contributed by atoms with Gasteiger partial charge in [0.05, 0.1) is 11.9 Å². The number of aliphatic hydroxyl groups is 4. The molecule has 4 N–H and O–H groups in total. The van der Waals surface area contributed by atoms with Crippen LogP contribution in [0.4, 0.5) is 0 Å². The van der Waals surface area contributed by atoms with Crippen LogP contribution < -0.4 is 10.2 Å². The number of hydrogen-bond acceptors (Lipinski definition) is 8. The number of carboxylic acids is 2. The van der Waals surface area contributed by atoms with Crippen LogP contribution in [0.15, 0.2) is 0 Å². The molecule has 0 amide bonds. The number of carbonyl (C=O) groups is 2. The van der Waals surface area contributed by atoms with Crippen molar-refractivity contribution in [1.29, 1.82) is 0 Å². The van der Waals surface area contributed by atoms with E-state index in [-0.39, 0.29) is 17.1 Å². The minimum atomic E-state index is -2.50. The van der Waals surface area contributed by atoms with Gasteiger partial charge < -0.3 is 40.2 Å². The van der Waals surface area contributed by atoms with Crippen LogP contribution in [-0.4, -0.2) is 56.8 Å². The number of rotatable bonds is 5. The summed E-state index contributed by atoms with van der Waals surface area (Å²) in [6.45, 7) is 0. The molecule has 0 aromatic carbocycles. The van der Waals surface area contributed by atoms with Gasteiger partial charge in [-0.3, -0.25) is 0 Å². The summed E-state index contributed by atoms with van der Waals surface area (Å²) in [6.07, 6.45) is -9.76. The first-order valence-electron chi connectivity index (χ1n) is 3.43. The summed E-state index contributed by atoms with van der Waals surface area (Å²) in [4.78, 5) is 19.9. The van der Waals surface area contributed by atoms with E-state index >= 15 is 0 Å². The molecule has 4 atom stereocenters. The molecule has 0 unspecified atom stereocenters. The molecule has 0 aliphatic carbocycles. The van der Waals surface area contributed by atoms with E-state index in [0.29, 0.717) is 0 Å². The Morgan fingerprint density at radius 2 is 1.00 bits per heavy atom. The molecular formula is C6H8CuO8. The first-order chi connectivity index (χ1) is 6.29. The first-order valence-corrected chi connectivity index (χ1v) is 3.43. The molecule has 0 aromatic heterocycles. The zero-order valence-corrected chi connectivity index (χ0v) is 7.97. The third kappa shape index (κ3) is 4.56. The van der Waals surface area contributed by atoms with E-state index in [1.54, 1.807) is 0 Å². The number of carbonyl (C=O) groups excluding carboxylic acids is 2. The summed E-state index contributed by atoms with van der Waals surface area (Å²) >= 11 is 0. The predicted octanol–water partition coefficient (Wildman–Crippen LogP) is -6.07. The molecule has 0 fully saturated rings. The van der Waals surface area contributed by atoms with E-state index < -0.39 is 36.4 Å². The van der Waals surface area contributed by atoms with Crippen LogP contribution in [0, 0.1) is 0 Å². The third-order valence-electron chi connectivity index (χ3n) is 1.48. The molecule has 1 radical (unpaired) electrons. The number of aliphatic carboxylic acids is 2. The maximum absolute atomic E-state index is 9.96. The Bertz CT molecular complexity index is 207. The number of aliphatic hydroxyl groups excluding tert-OH is 4. The zero-order chi connectivity index (χ0) is 11.5. The maximum atomic E-state index is 9.96. The molecule has 0 heterocycles. The quantitative estimate of drug-likeness (QED) is 0.359. The van der Waals surface area contributed by atoms with Crippen molar-refractivity contribution in [3.8, 4) is 0 Å². The molecule has 0 rings (SSSR count). The summed E-state index contributed by atoms with van der Waals surface area (Å²) in [6, 6.07) is 0. The van der Waals surface area contributed by atoms with E-state index in [1.807, 2.05) is 0 Å². The Labute approximate surface area is 94.2 Å². The van der Waals surface area contributed by atoms with Crippen molar-refractivity contribution in [2.75, 3.05) is 0 Å². The second kappa shape index (κ2) is 6.72. The standard InChI is InChI=1S/C6H10O8.Cu/c7-1(3(9)5(11)12)2(8)4(10)6(13)14;/h1-4,7-10H,(H,11,12)(H,13,14);/q;+2/p-2/t1-,2-,3-,4+;/m0./s1. The molecule has 0 saturated heterocycles. The van der Waals surface area contributed by atoms with Crippen molar-refractivity contribution in [3.05, 3.63) is 0 Å². The van der Waals surface area contributed by atoms with E-state index in [2.05, 4.69) is 0 Å². The van der Waals surface area contributed by atoms with Gasteiger partial charge in [-0.1, -0.05) is 0 Å².